The largest absolute Gasteiger partial charge is 0.285 e. The molecule has 0 atom stereocenters. The summed E-state index contributed by atoms with van der Waals surface area (Å²) >= 11 is 0. The first-order chi connectivity index (χ1) is 5.08. The van der Waals surface area contributed by atoms with E-state index in [0.717, 1.165) is 0 Å². The van der Waals surface area contributed by atoms with E-state index in [9.17, 15) is 8.42 Å². The van der Waals surface area contributed by atoms with Gasteiger partial charge in [0.05, 0.1) is 0 Å². The van der Waals surface area contributed by atoms with Crippen molar-refractivity contribution in [1.29, 1.82) is 0 Å². The highest BCUT2D eigenvalue weighted by Gasteiger charge is 2.04. The fourth-order valence-electron chi connectivity index (χ4n) is 0.785. The summed E-state index contributed by atoms with van der Waals surface area (Å²) in [5.74, 6) is -0.312. The van der Waals surface area contributed by atoms with E-state index in [1.54, 1.807) is 30.3 Å². The number of halogens is 1. The Morgan fingerprint density at radius 2 is 1.67 bits per heavy atom. The fourth-order valence-corrected chi connectivity index (χ4v) is 1.40. The van der Waals surface area contributed by atoms with E-state index >= 15 is 0 Å². The molecule has 0 aliphatic heterocycles. The molecule has 1 N–H and O–H groups in total. The molecule has 0 radical (unpaired) electrons. The minimum atomic E-state index is -3.88. The summed E-state index contributed by atoms with van der Waals surface area (Å²) in [5.41, 5.74) is 0.593. The highest BCUT2D eigenvalue weighted by atomic mass is 35.5. The molecule has 0 aromatic heterocycles. The maximum Gasteiger partial charge on any atom is 0.269 e. The Kier molecular flexibility index (Phi) is 4.23. The van der Waals surface area contributed by atoms with Crippen molar-refractivity contribution in [2.24, 2.45) is 0 Å². The van der Waals surface area contributed by atoms with E-state index < -0.39 is 10.1 Å². The molecule has 5 heteroatoms. The van der Waals surface area contributed by atoms with Gasteiger partial charge in [-0.1, -0.05) is 30.3 Å². The molecule has 0 heterocycles. The zero-order chi connectivity index (χ0) is 8.32. The molecule has 0 saturated heterocycles. The standard InChI is InChI=1S/C7H8O3S.ClH/c8-11(9,10)6-7-4-2-1-3-5-7;/h1-5H,6H2,(H,8,9,10);1H. The summed E-state index contributed by atoms with van der Waals surface area (Å²) in [6.07, 6.45) is 0. The van der Waals surface area contributed by atoms with Crippen molar-refractivity contribution in [2.75, 3.05) is 0 Å². The van der Waals surface area contributed by atoms with Crippen LogP contribution in [0.25, 0.3) is 0 Å². The van der Waals surface area contributed by atoms with Gasteiger partial charge < -0.3 is 0 Å². The molecule has 0 amide bonds. The van der Waals surface area contributed by atoms with Crippen molar-refractivity contribution in [3.63, 3.8) is 0 Å². The monoisotopic (exact) mass is 208 g/mol. The van der Waals surface area contributed by atoms with Gasteiger partial charge in [0, 0.05) is 0 Å². The van der Waals surface area contributed by atoms with Crippen LogP contribution in [0, 0.1) is 0 Å². The van der Waals surface area contributed by atoms with Crippen LogP contribution in [0.4, 0.5) is 0 Å². The van der Waals surface area contributed by atoms with Crippen LogP contribution < -0.4 is 0 Å². The number of benzene rings is 1. The minimum Gasteiger partial charge on any atom is -0.285 e. The lowest BCUT2D eigenvalue weighted by Crippen LogP contribution is -2.00. The Balaban J connectivity index is 0.00000121. The molecule has 12 heavy (non-hydrogen) atoms. The molecular formula is C7H9ClO3S. The van der Waals surface area contributed by atoms with Gasteiger partial charge in [0.1, 0.15) is 5.75 Å². The van der Waals surface area contributed by atoms with E-state index in [1.807, 2.05) is 0 Å². The van der Waals surface area contributed by atoms with Crippen LogP contribution in [0.15, 0.2) is 30.3 Å². The second-order valence-electron chi connectivity index (χ2n) is 2.21. The molecule has 3 nitrogen and oxygen atoms in total. The SMILES string of the molecule is Cl.O=S(=O)(O)Cc1ccccc1. The highest BCUT2D eigenvalue weighted by molar-refractivity contribution is 7.85. The van der Waals surface area contributed by atoms with Crippen LogP contribution in [0.1, 0.15) is 5.56 Å². The maximum absolute atomic E-state index is 10.4. The molecule has 0 spiro atoms. The van der Waals surface area contributed by atoms with Gasteiger partial charge in [-0.2, -0.15) is 8.42 Å². The van der Waals surface area contributed by atoms with Crippen molar-refractivity contribution in [2.45, 2.75) is 5.75 Å². The fraction of sp³-hybridized carbons (Fsp3) is 0.143. The first-order valence-corrected chi connectivity index (χ1v) is 4.68. The van der Waals surface area contributed by atoms with Crippen molar-refractivity contribution in [3.05, 3.63) is 35.9 Å². The predicted octanol–water partition coefficient (Wildman–Crippen LogP) is 1.50. The normalized spacial score (nSPS) is 10.4. The van der Waals surface area contributed by atoms with Gasteiger partial charge in [-0.05, 0) is 5.56 Å². The third kappa shape index (κ3) is 4.33. The zero-order valence-corrected chi connectivity index (χ0v) is 7.81. The number of rotatable bonds is 2. The molecule has 0 fully saturated rings. The second kappa shape index (κ2) is 4.45. The first kappa shape index (κ1) is 11.4. The van der Waals surface area contributed by atoms with Crippen molar-refractivity contribution < 1.29 is 13.0 Å². The van der Waals surface area contributed by atoms with Gasteiger partial charge in [0.2, 0.25) is 0 Å². The van der Waals surface area contributed by atoms with Crippen LogP contribution in [0.3, 0.4) is 0 Å². The van der Waals surface area contributed by atoms with Gasteiger partial charge in [0.25, 0.3) is 10.1 Å². The van der Waals surface area contributed by atoms with E-state index in [2.05, 4.69) is 0 Å². The average molecular weight is 209 g/mol. The Hall–Kier alpha value is -0.580. The van der Waals surface area contributed by atoms with Gasteiger partial charge >= 0.3 is 0 Å². The quantitative estimate of drug-likeness (QED) is 0.750. The lowest BCUT2D eigenvalue weighted by molar-refractivity contribution is 0.482. The number of hydrogen-bond donors (Lipinski definition) is 1. The molecule has 0 unspecified atom stereocenters. The van der Waals surface area contributed by atoms with Crippen molar-refractivity contribution >= 4 is 22.5 Å². The lowest BCUT2D eigenvalue weighted by atomic mass is 10.2. The van der Waals surface area contributed by atoms with Crippen LogP contribution in [0.5, 0.6) is 0 Å². The van der Waals surface area contributed by atoms with Gasteiger partial charge in [-0.15, -0.1) is 12.4 Å². The minimum absolute atomic E-state index is 0. The molecule has 68 valence electrons. The summed E-state index contributed by atoms with van der Waals surface area (Å²) in [7, 11) is -3.88. The smallest absolute Gasteiger partial charge is 0.269 e. The molecule has 0 saturated carbocycles. The summed E-state index contributed by atoms with van der Waals surface area (Å²) in [5, 5.41) is 0. The molecule has 1 aromatic rings. The van der Waals surface area contributed by atoms with Gasteiger partial charge in [0.15, 0.2) is 0 Å². The lowest BCUT2D eigenvalue weighted by Gasteiger charge is -1.95. The zero-order valence-electron chi connectivity index (χ0n) is 6.17. The third-order valence-corrected chi connectivity index (χ3v) is 1.89. The Labute approximate surface area is 77.6 Å². The summed E-state index contributed by atoms with van der Waals surface area (Å²) < 4.78 is 29.2. The summed E-state index contributed by atoms with van der Waals surface area (Å²) in [4.78, 5) is 0. The molecule has 0 bridgehead atoms. The molecule has 1 rings (SSSR count). The molecule has 1 aromatic carbocycles. The van der Waals surface area contributed by atoms with E-state index in [4.69, 9.17) is 4.55 Å². The van der Waals surface area contributed by atoms with Gasteiger partial charge in [-0.25, -0.2) is 0 Å². The Morgan fingerprint density at radius 3 is 2.08 bits per heavy atom. The van der Waals surface area contributed by atoms with Crippen LogP contribution >= 0.6 is 12.4 Å². The van der Waals surface area contributed by atoms with Crippen LogP contribution in [-0.2, 0) is 15.9 Å². The summed E-state index contributed by atoms with van der Waals surface area (Å²) in [6, 6.07) is 8.52. The van der Waals surface area contributed by atoms with E-state index in [0.29, 0.717) is 5.56 Å². The van der Waals surface area contributed by atoms with Crippen LogP contribution in [0.2, 0.25) is 0 Å². The van der Waals surface area contributed by atoms with Gasteiger partial charge in [-0.3, -0.25) is 4.55 Å². The van der Waals surface area contributed by atoms with E-state index in [-0.39, 0.29) is 18.2 Å². The highest BCUT2D eigenvalue weighted by Crippen LogP contribution is 2.02. The molecule has 0 aliphatic carbocycles. The molecule has 0 aliphatic rings. The first-order valence-electron chi connectivity index (χ1n) is 3.07. The maximum atomic E-state index is 10.4. The van der Waals surface area contributed by atoms with E-state index in [1.165, 1.54) is 0 Å². The van der Waals surface area contributed by atoms with Crippen molar-refractivity contribution in [3.8, 4) is 0 Å². The topological polar surface area (TPSA) is 54.4 Å². The van der Waals surface area contributed by atoms with Crippen molar-refractivity contribution in [1.82, 2.24) is 0 Å². The third-order valence-electron chi connectivity index (χ3n) is 1.19. The Morgan fingerprint density at radius 1 is 1.17 bits per heavy atom. The predicted molar refractivity (Wildman–Crippen MR) is 48.9 cm³/mol. The number of hydrogen-bond acceptors (Lipinski definition) is 2. The summed E-state index contributed by atoms with van der Waals surface area (Å²) in [6.45, 7) is 0. The average Bonchev–Trinajstić information content (AvgIpc) is 1.85. The second-order valence-corrected chi connectivity index (χ2v) is 3.66. The van der Waals surface area contributed by atoms with Crippen LogP contribution in [-0.4, -0.2) is 13.0 Å². The molecular weight excluding hydrogens is 200 g/mol. The Bertz CT molecular complexity index is 320.